The Kier molecular flexibility index (Phi) is 4.23. The van der Waals surface area contributed by atoms with Crippen LogP contribution in [-0.2, 0) is 9.84 Å². The van der Waals surface area contributed by atoms with E-state index in [1.54, 1.807) is 42.5 Å². The molecule has 0 spiro atoms. The van der Waals surface area contributed by atoms with E-state index in [4.69, 9.17) is 16.9 Å². The van der Waals surface area contributed by atoms with E-state index in [0.29, 0.717) is 11.1 Å². The molecule has 2 rings (SSSR count). The van der Waals surface area contributed by atoms with Gasteiger partial charge in [0, 0.05) is 0 Å². The summed E-state index contributed by atoms with van der Waals surface area (Å²) < 4.78 is 24.2. The van der Waals surface area contributed by atoms with E-state index in [2.05, 4.69) is 0 Å². The van der Waals surface area contributed by atoms with Crippen LogP contribution in [0.5, 0.6) is 0 Å². The first-order valence-corrected chi connectivity index (χ1v) is 7.57. The molecule has 0 aliphatic carbocycles. The van der Waals surface area contributed by atoms with Gasteiger partial charge in [-0.05, 0) is 35.9 Å². The van der Waals surface area contributed by atoms with Gasteiger partial charge in [0.15, 0.2) is 0 Å². The maximum Gasteiger partial charge on any atom is 0.217 e. The molecule has 3 nitrogen and oxygen atoms in total. The Morgan fingerprint density at radius 3 is 2.20 bits per heavy atom. The lowest BCUT2D eigenvalue weighted by Gasteiger charge is -2.03. The van der Waals surface area contributed by atoms with E-state index in [0.717, 1.165) is 0 Å². The van der Waals surface area contributed by atoms with Gasteiger partial charge in [-0.25, -0.2) is 8.42 Å². The van der Waals surface area contributed by atoms with Crippen molar-refractivity contribution in [3.05, 3.63) is 70.1 Å². The maximum atomic E-state index is 12.2. The van der Waals surface area contributed by atoms with Crippen LogP contribution in [-0.4, -0.2) is 8.42 Å². The molecular formula is C15H10ClNO2S. The van der Waals surface area contributed by atoms with Crippen LogP contribution in [0.3, 0.4) is 0 Å². The fourth-order valence-electron chi connectivity index (χ4n) is 1.57. The first kappa shape index (κ1) is 14.3. The quantitative estimate of drug-likeness (QED) is 0.871. The second-order valence-corrected chi connectivity index (χ2v) is 6.55. The largest absolute Gasteiger partial charge is 0.218 e. The highest BCUT2D eigenvalue weighted by Crippen LogP contribution is 2.24. The summed E-state index contributed by atoms with van der Waals surface area (Å²) in [6, 6.07) is 16.5. The Bertz CT molecular complexity index is 773. The van der Waals surface area contributed by atoms with Crippen molar-refractivity contribution < 1.29 is 8.42 Å². The zero-order valence-corrected chi connectivity index (χ0v) is 11.9. The molecule has 0 saturated heterocycles. The van der Waals surface area contributed by atoms with Crippen molar-refractivity contribution in [2.75, 3.05) is 0 Å². The van der Waals surface area contributed by atoms with E-state index in [1.807, 2.05) is 6.07 Å². The van der Waals surface area contributed by atoms with E-state index in [-0.39, 0.29) is 9.26 Å². The number of nitriles is 1. The minimum absolute atomic E-state index is 0.148. The Balaban J connectivity index is 2.37. The Morgan fingerprint density at radius 1 is 1.05 bits per heavy atom. The van der Waals surface area contributed by atoms with Crippen LogP contribution in [0.4, 0.5) is 0 Å². The van der Waals surface area contributed by atoms with Gasteiger partial charge in [0.05, 0.1) is 16.5 Å². The molecule has 0 unspecified atom stereocenters. The monoisotopic (exact) mass is 303 g/mol. The van der Waals surface area contributed by atoms with Gasteiger partial charge in [0.1, 0.15) is 4.36 Å². The summed E-state index contributed by atoms with van der Waals surface area (Å²) in [6.45, 7) is 0. The van der Waals surface area contributed by atoms with Gasteiger partial charge in [-0.3, -0.25) is 0 Å². The number of hydrogen-bond acceptors (Lipinski definition) is 3. The molecule has 100 valence electrons. The predicted molar refractivity (Wildman–Crippen MR) is 78.6 cm³/mol. The van der Waals surface area contributed by atoms with E-state index < -0.39 is 9.84 Å². The smallest absolute Gasteiger partial charge is 0.217 e. The first-order chi connectivity index (χ1) is 9.54. The molecule has 0 radical (unpaired) electrons. The second-order valence-electron chi connectivity index (χ2n) is 4.00. The summed E-state index contributed by atoms with van der Waals surface area (Å²) in [6.07, 6.45) is 1.37. The SMILES string of the molecule is N#Cc1ccc(/C=C(\Cl)S(=O)(=O)c2ccccc2)cc1. The molecule has 5 heteroatoms. The normalized spacial score (nSPS) is 11.9. The predicted octanol–water partition coefficient (Wildman–Crippen LogP) is 3.57. The summed E-state index contributed by atoms with van der Waals surface area (Å²) in [7, 11) is -3.69. The topological polar surface area (TPSA) is 57.9 Å². The molecule has 0 heterocycles. The zero-order chi connectivity index (χ0) is 14.6. The van der Waals surface area contributed by atoms with Crippen LogP contribution in [0.1, 0.15) is 11.1 Å². The summed E-state index contributed by atoms with van der Waals surface area (Å²) in [5.41, 5.74) is 1.12. The third-order valence-corrected chi connectivity index (χ3v) is 4.87. The lowest BCUT2D eigenvalue weighted by atomic mass is 10.1. The zero-order valence-electron chi connectivity index (χ0n) is 10.3. The van der Waals surface area contributed by atoms with Crippen LogP contribution in [0, 0.1) is 11.3 Å². The molecule has 2 aromatic rings. The van der Waals surface area contributed by atoms with Gasteiger partial charge in [-0.15, -0.1) is 0 Å². The molecule has 0 aromatic heterocycles. The molecule has 0 fully saturated rings. The third-order valence-electron chi connectivity index (χ3n) is 2.63. The number of halogens is 1. The summed E-state index contributed by atoms with van der Waals surface area (Å²) in [5, 5.41) is 8.70. The summed E-state index contributed by atoms with van der Waals surface area (Å²) in [5.74, 6) is 0. The number of hydrogen-bond donors (Lipinski definition) is 0. The molecule has 0 atom stereocenters. The van der Waals surface area contributed by atoms with Crippen molar-refractivity contribution in [2.24, 2.45) is 0 Å². The van der Waals surface area contributed by atoms with Crippen LogP contribution in [0.25, 0.3) is 6.08 Å². The summed E-state index contributed by atoms with van der Waals surface area (Å²) in [4.78, 5) is 0.148. The van der Waals surface area contributed by atoms with Gasteiger partial charge in [-0.1, -0.05) is 41.9 Å². The highest BCUT2D eigenvalue weighted by atomic mass is 35.5. The second kappa shape index (κ2) is 5.91. The van der Waals surface area contributed by atoms with Crippen molar-refractivity contribution in [1.29, 1.82) is 5.26 Å². The van der Waals surface area contributed by atoms with Gasteiger partial charge < -0.3 is 0 Å². The average molecular weight is 304 g/mol. The van der Waals surface area contributed by atoms with Gasteiger partial charge >= 0.3 is 0 Å². The highest BCUT2D eigenvalue weighted by molar-refractivity contribution is 7.97. The van der Waals surface area contributed by atoms with Crippen molar-refractivity contribution in [2.45, 2.75) is 4.90 Å². The lowest BCUT2D eigenvalue weighted by molar-refractivity contribution is 0.604. The average Bonchev–Trinajstić information content (AvgIpc) is 2.49. The van der Waals surface area contributed by atoms with E-state index in [9.17, 15) is 8.42 Å². The fraction of sp³-hybridized carbons (Fsp3) is 0. The maximum absolute atomic E-state index is 12.2. The number of benzene rings is 2. The van der Waals surface area contributed by atoms with E-state index >= 15 is 0 Å². The fourth-order valence-corrected chi connectivity index (χ4v) is 3.00. The van der Waals surface area contributed by atoms with Crippen molar-refractivity contribution in [1.82, 2.24) is 0 Å². The Hall–Kier alpha value is -2.09. The molecule has 0 saturated carbocycles. The molecule has 20 heavy (non-hydrogen) atoms. The van der Waals surface area contributed by atoms with Gasteiger partial charge in [0.25, 0.3) is 0 Å². The van der Waals surface area contributed by atoms with Gasteiger partial charge in [0.2, 0.25) is 9.84 Å². The van der Waals surface area contributed by atoms with Crippen LogP contribution in [0.15, 0.2) is 63.9 Å². The van der Waals surface area contributed by atoms with Gasteiger partial charge in [-0.2, -0.15) is 5.26 Å². The third kappa shape index (κ3) is 3.08. The van der Waals surface area contributed by atoms with Crippen molar-refractivity contribution >= 4 is 27.5 Å². The van der Waals surface area contributed by atoms with E-state index in [1.165, 1.54) is 18.2 Å². The lowest BCUT2D eigenvalue weighted by Crippen LogP contribution is -2.00. The minimum atomic E-state index is -3.69. The number of rotatable bonds is 3. The highest BCUT2D eigenvalue weighted by Gasteiger charge is 2.18. The molecule has 0 aliphatic rings. The number of sulfone groups is 1. The van der Waals surface area contributed by atoms with Crippen LogP contribution < -0.4 is 0 Å². The summed E-state index contributed by atoms with van der Waals surface area (Å²) >= 11 is 5.92. The molecule has 0 N–H and O–H groups in total. The van der Waals surface area contributed by atoms with Crippen molar-refractivity contribution in [3.8, 4) is 6.07 Å². The minimum Gasteiger partial charge on any atom is -0.218 e. The Morgan fingerprint density at radius 2 is 1.65 bits per heavy atom. The standard InChI is InChI=1S/C15H10ClNO2S/c16-15(10-12-6-8-13(11-17)9-7-12)20(18,19)14-4-2-1-3-5-14/h1-10H/b15-10+. The molecular weight excluding hydrogens is 294 g/mol. The molecule has 2 aromatic carbocycles. The van der Waals surface area contributed by atoms with Crippen LogP contribution >= 0.6 is 11.6 Å². The van der Waals surface area contributed by atoms with Crippen molar-refractivity contribution in [3.63, 3.8) is 0 Å². The number of nitrogens with zero attached hydrogens (tertiary/aromatic N) is 1. The molecule has 0 amide bonds. The molecule has 0 bridgehead atoms. The van der Waals surface area contributed by atoms with Crippen LogP contribution in [0.2, 0.25) is 0 Å². The first-order valence-electron chi connectivity index (χ1n) is 5.71. The Labute approximate surface area is 122 Å². The molecule has 0 aliphatic heterocycles.